The molecule has 18 heavy (non-hydrogen) atoms. The molecule has 100 valence electrons. The Morgan fingerprint density at radius 3 is 2.94 bits per heavy atom. The van der Waals surface area contributed by atoms with Crippen molar-refractivity contribution in [2.75, 3.05) is 12.4 Å². The van der Waals surface area contributed by atoms with Crippen molar-refractivity contribution >= 4 is 5.82 Å². The van der Waals surface area contributed by atoms with Gasteiger partial charge in [-0.05, 0) is 30.9 Å². The lowest BCUT2D eigenvalue weighted by Gasteiger charge is -2.30. The van der Waals surface area contributed by atoms with Crippen LogP contribution in [0.4, 0.5) is 5.82 Å². The van der Waals surface area contributed by atoms with Crippen molar-refractivity contribution in [3.05, 3.63) is 23.9 Å². The number of nitrogens with one attached hydrogen (secondary N) is 1. The van der Waals surface area contributed by atoms with Gasteiger partial charge in [-0.25, -0.2) is 4.98 Å². The lowest BCUT2D eigenvalue weighted by Crippen LogP contribution is -2.27. The normalized spacial score (nSPS) is 23.9. The number of anilines is 1. The monoisotopic (exact) mass is 248 g/mol. The highest BCUT2D eigenvalue weighted by atomic mass is 16.5. The summed E-state index contributed by atoms with van der Waals surface area (Å²) in [5.41, 5.74) is 1.02. The quantitative estimate of drug-likeness (QED) is 0.864. The second-order valence-electron chi connectivity index (χ2n) is 5.07. The van der Waals surface area contributed by atoms with E-state index >= 15 is 0 Å². The third-order valence-corrected chi connectivity index (χ3v) is 3.87. The fourth-order valence-corrected chi connectivity index (χ4v) is 2.75. The molecular weight excluding hydrogens is 224 g/mol. The van der Waals surface area contributed by atoms with Gasteiger partial charge in [0.15, 0.2) is 0 Å². The van der Waals surface area contributed by atoms with Crippen LogP contribution in [-0.4, -0.2) is 18.1 Å². The van der Waals surface area contributed by atoms with E-state index in [0.717, 1.165) is 17.4 Å². The Hall–Kier alpha value is -1.09. The minimum absolute atomic E-state index is 0.434. The van der Waals surface area contributed by atoms with E-state index in [1.165, 1.54) is 32.1 Å². The van der Waals surface area contributed by atoms with Gasteiger partial charge in [0.25, 0.3) is 0 Å². The molecule has 1 aromatic heterocycles. The Bertz CT molecular complexity index is 367. The summed E-state index contributed by atoms with van der Waals surface area (Å²) in [6, 6.07) is 6.03. The van der Waals surface area contributed by atoms with Crippen LogP contribution in [0, 0.1) is 5.92 Å². The van der Waals surface area contributed by atoms with Gasteiger partial charge in [-0.2, -0.15) is 0 Å². The summed E-state index contributed by atoms with van der Waals surface area (Å²) < 4.78 is 6.08. The van der Waals surface area contributed by atoms with Gasteiger partial charge in [0, 0.05) is 7.05 Å². The van der Waals surface area contributed by atoms with Gasteiger partial charge in [-0.3, -0.25) is 0 Å². The predicted molar refractivity (Wildman–Crippen MR) is 74.6 cm³/mol. The van der Waals surface area contributed by atoms with Gasteiger partial charge in [-0.15, -0.1) is 0 Å². The van der Waals surface area contributed by atoms with E-state index < -0.39 is 0 Å². The first-order chi connectivity index (χ1) is 8.83. The molecule has 3 nitrogen and oxygen atoms in total. The summed E-state index contributed by atoms with van der Waals surface area (Å²) in [6.07, 6.45) is 6.88. The smallest absolute Gasteiger partial charge is 0.126 e. The van der Waals surface area contributed by atoms with Crippen LogP contribution in [0.3, 0.4) is 0 Å². The lowest BCUT2D eigenvalue weighted by atomic mass is 9.85. The molecule has 1 N–H and O–H groups in total. The molecule has 0 saturated heterocycles. The summed E-state index contributed by atoms with van der Waals surface area (Å²) in [4.78, 5) is 4.49. The molecule has 2 rings (SSSR count). The number of ether oxygens (including phenoxy) is 1. The van der Waals surface area contributed by atoms with Gasteiger partial charge < -0.3 is 10.1 Å². The minimum atomic E-state index is 0.434. The fourth-order valence-electron chi connectivity index (χ4n) is 2.75. The van der Waals surface area contributed by atoms with Crippen molar-refractivity contribution in [2.24, 2.45) is 5.92 Å². The summed E-state index contributed by atoms with van der Waals surface area (Å²) in [5, 5.41) is 3.06. The van der Waals surface area contributed by atoms with Crippen LogP contribution in [0.1, 0.15) is 44.7 Å². The average molecular weight is 248 g/mol. The van der Waals surface area contributed by atoms with Crippen LogP contribution in [0.25, 0.3) is 0 Å². The zero-order valence-corrected chi connectivity index (χ0v) is 11.5. The molecule has 1 aliphatic carbocycles. The molecular formula is C15H24N2O. The number of nitrogens with zero attached hydrogens (tertiary/aromatic N) is 1. The Balaban J connectivity index is 1.89. The Morgan fingerprint density at radius 2 is 2.17 bits per heavy atom. The maximum Gasteiger partial charge on any atom is 0.126 e. The second kappa shape index (κ2) is 6.74. The van der Waals surface area contributed by atoms with Crippen LogP contribution in [0.15, 0.2) is 18.2 Å². The topological polar surface area (TPSA) is 34.1 Å². The molecule has 0 bridgehead atoms. The highest BCUT2D eigenvalue weighted by molar-refractivity contribution is 5.34. The standard InChI is InChI=1S/C15H24N2O/c1-3-12-7-4-5-9-14(12)18-11-13-8-6-10-15(16-2)17-13/h6,8,10,12,14H,3-5,7,9,11H2,1-2H3,(H,16,17). The van der Waals surface area contributed by atoms with E-state index in [1.54, 1.807) is 0 Å². The molecule has 0 aliphatic heterocycles. The van der Waals surface area contributed by atoms with E-state index in [2.05, 4.69) is 17.2 Å². The van der Waals surface area contributed by atoms with Gasteiger partial charge in [0.1, 0.15) is 5.82 Å². The third kappa shape index (κ3) is 3.45. The van der Waals surface area contributed by atoms with E-state index in [1.807, 2.05) is 25.2 Å². The molecule has 1 heterocycles. The molecule has 1 aromatic rings. The van der Waals surface area contributed by atoms with E-state index in [0.29, 0.717) is 12.7 Å². The Kier molecular flexibility index (Phi) is 5.00. The highest BCUT2D eigenvalue weighted by Crippen LogP contribution is 2.29. The molecule has 1 aliphatic rings. The van der Waals surface area contributed by atoms with Gasteiger partial charge in [-0.1, -0.05) is 32.3 Å². The van der Waals surface area contributed by atoms with Gasteiger partial charge in [0.05, 0.1) is 18.4 Å². The molecule has 2 unspecified atom stereocenters. The van der Waals surface area contributed by atoms with Crippen LogP contribution in [0.5, 0.6) is 0 Å². The zero-order chi connectivity index (χ0) is 12.8. The molecule has 0 spiro atoms. The second-order valence-corrected chi connectivity index (χ2v) is 5.07. The summed E-state index contributed by atoms with van der Waals surface area (Å²) in [7, 11) is 1.89. The fraction of sp³-hybridized carbons (Fsp3) is 0.667. The van der Waals surface area contributed by atoms with Crippen molar-refractivity contribution in [3.63, 3.8) is 0 Å². The van der Waals surface area contributed by atoms with Crippen LogP contribution < -0.4 is 5.32 Å². The van der Waals surface area contributed by atoms with E-state index in [-0.39, 0.29) is 0 Å². The van der Waals surface area contributed by atoms with Gasteiger partial charge in [0.2, 0.25) is 0 Å². The summed E-state index contributed by atoms with van der Waals surface area (Å²) in [5.74, 6) is 1.65. The maximum absolute atomic E-state index is 6.08. The van der Waals surface area contributed by atoms with Crippen molar-refractivity contribution in [2.45, 2.75) is 51.7 Å². The number of hydrogen-bond acceptors (Lipinski definition) is 3. The molecule has 2 atom stereocenters. The average Bonchev–Trinajstić information content (AvgIpc) is 2.45. The number of aromatic nitrogens is 1. The number of rotatable bonds is 5. The van der Waals surface area contributed by atoms with Crippen molar-refractivity contribution in [3.8, 4) is 0 Å². The van der Waals surface area contributed by atoms with Crippen molar-refractivity contribution < 1.29 is 4.74 Å². The molecule has 0 amide bonds. The number of hydrogen-bond donors (Lipinski definition) is 1. The van der Waals surface area contributed by atoms with Crippen LogP contribution >= 0.6 is 0 Å². The third-order valence-electron chi connectivity index (χ3n) is 3.87. The van der Waals surface area contributed by atoms with Crippen LogP contribution in [0.2, 0.25) is 0 Å². The van der Waals surface area contributed by atoms with E-state index in [4.69, 9.17) is 4.74 Å². The summed E-state index contributed by atoms with van der Waals surface area (Å²) >= 11 is 0. The Labute approximate surface area is 110 Å². The molecule has 1 fully saturated rings. The lowest BCUT2D eigenvalue weighted by molar-refractivity contribution is -0.0234. The first-order valence-corrected chi connectivity index (χ1v) is 7.08. The predicted octanol–water partition coefficient (Wildman–Crippen LogP) is 3.61. The Morgan fingerprint density at radius 1 is 1.33 bits per heavy atom. The molecule has 1 saturated carbocycles. The largest absolute Gasteiger partial charge is 0.373 e. The SMILES string of the molecule is CCC1CCCCC1OCc1cccc(NC)n1. The first kappa shape index (κ1) is 13.3. The molecule has 0 aromatic carbocycles. The van der Waals surface area contributed by atoms with Crippen molar-refractivity contribution in [1.29, 1.82) is 0 Å². The zero-order valence-electron chi connectivity index (χ0n) is 11.5. The summed E-state index contributed by atoms with van der Waals surface area (Å²) in [6.45, 7) is 2.91. The van der Waals surface area contributed by atoms with Crippen molar-refractivity contribution in [1.82, 2.24) is 4.98 Å². The van der Waals surface area contributed by atoms with Gasteiger partial charge >= 0.3 is 0 Å². The highest BCUT2D eigenvalue weighted by Gasteiger charge is 2.24. The van der Waals surface area contributed by atoms with Crippen LogP contribution in [-0.2, 0) is 11.3 Å². The minimum Gasteiger partial charge on any atom is -0.373 e. The molecule has 3 heteroatoms. The first-order valence-electron chi connectivity index (χ1n) is 7.08. The maximum atomic E-state index is 6.08. The number of pyridine rings is 1. The van der Waals surface area contributed by atoms with E-state index in [9.17, 15) is 0 Å². The molecule has 0 radical (unpaired) electrons.